The highest BCUT2D eigenvalue weighted by Crippen LogP contribution is 2.25. The molecule has 4 nitrogen and oxygen atoms in total. The zero-order valence-electron chi connectivity index (χ0n) is 12.9. The van der Waals surface area contributed by atoms with Crippen molar-refractivity contribution in [3.05, 3.63) is 30.1 Å². The van der Waals surface area contributed by atoms with Crippen molar-refractivity contribution in [1.82, 2.24) is 5.32 Å². The van der Waals surface area contributed by atoms with E-state index in [2.05, 4.69) is 5.32 Å². The molecule has 1 saturated carbocycles. The number of ether oxygens (including phenoxy) is 1. The number of carbonyl (C=O) groups is 1. The van der Waals surface area contributed by atoms with Gasteiger partial charge in [-0.05, 0) is 38.8 Å². The zero-order valence-corrected chi connectivity index (χ0v) is 12.9. The van der Waals surface area contributed by atoms with Crippen LogP contribution in [0.4, 0.5) is 10.1 Å². The summed E-state index contributed by atoms with van der Waals surface area (Å²) in [6.07, 6.45) is 2.14. The summed E-state index contributed by atoms with van der Waals surface area (Å²) < 4.78 is 19.0. The van der Waals surface area contributed by atoms with Crippen molar-refractivity contribution in [3.8, 4) is 0 Å². The molecule has 1 aromatic carbocycles. The van der Waals surface area contributed by atoms with E-state index in [0.717, 1.165) is 12.8 Å². The number of carbonyl (C=O) groups excluding carboxylic acids is 1. The van der Waals surface area contributed by atoms with E-state index in [9.17, 15) is 9.18 Å². The number of rotatable bonds is 7. The second kappa shape index (κ2) is 6.43. The molecule has 1 N–H and O–H groups in total. The predicted molar refractivity (Wildman–Crippen MR) is 80.9 cm³/mol. The van der Waals surface area contributed by atoms with Gasteiger partial charge in [-0.25, -0.2) is 9.18 Å². The number of hydrogen-bond donors (Lipinski definition) is 1. The molecule has 0 aliphatic heterocycles. The van der Waals surface area contributed by atoms with E-state index >= 15 is 0 Å². The zero-order chi connectivity index (χ0) is 15.5. The van der Waals surface area contributed by atoms with Gasteiger partial charge in [0.25, 0.3) is 0 Å². The van der Waals surface area contributed by atoms with Crippen molar-refractivity contribution in [1.29, 1.82) is 0 Å². The molecule has 2 rings (SSSR count). The molecule has 0 aromatic heterocycles. The number of nitrogens with one attached hydrogen (secondary N) is 1. The number of anilines is 1. The Balaban J connectivity index is 2.13. The third kappa shape index (κ3) is 3.94. The van der Waals surface area contributed by atoms with Gasteiger partial charge in [0.05, 0.1) is 12.3 Å². The number of esters is 1. The van der Waals surface area contributed by atoms with Gasteiger partial charge in [-0.15, -0.1) is 0 Å². The van der Waals surface area contributed by atoms with Crippen LogP contribution in [0.25, 0.3) is 0 Å². The number of nitrogens with zero attached hydrogens (tertiary/aromatic N) is 1. The van der Waals surface area contributed by atoms with Gasteiger partial charge in [0.15, 0.2) is 0 Å². The Hall–Kier alpha value is -1.62. The smallest absolute Gasteiger partial charge is 0.327 e. The molecule has 1 aromatic rings. The van der Waals surface area contributed by atoms with Crippen LogP contribution in [-0.2, 0) is 9.53 Å². The maximum absolute atomic E-state index is 13.9. The fourth-order valence-electron chi connectivity index (χ4n) is 2.46. The maximum atomic E-state index is 13.9. The lowest BCUT2D eigenvalue weighted by atomic mass is 10.0. The second-order valence-corrected chi connectivity index (χ2v) is 5.78. The highest BCUT2D eigenvalue weighted by atomic mass is 19.1. The van der Waals surface area contributed by atoms with Crippen molar-refractivity contribution < 1.29 is 13.9 Å². The minimum absolute atomic E-state index is 0.292. The summed E-state index contributed by atoms with van der Waals surface area (Å²) in [6.45, 7) is 4.30. The summed E-state index contributed by atoms with van der Waals surface area (Å²) in [4.78, 5) is 14.0. The number of para-hydroxylation sites is 1. The highest BCUT2D eigenvalue weighted by molar-refractivity contribution is 5.81. The second-order valence-electron chi connectivity index (χ2n) is 5.78. The third-order valence-electron chi connectivity index (χ3n) is 3.64. The Morgan fingerprint density at radius 3 is 2.71 bits per heavy atom. The molecule has 1 aliphatic rings. The van der Waals surface area contributed by atoms with Crippen molar-refractivity contribution in [2.45, 2.75) is 38.3 Å². The van der Waals surface area contributed by atoms with Crippen molar-refractivity contribution in [2.75, 3.05) is 25.1 Å². The van der Waals surface area contributed by atoms with Crippen LogP contribution in [0.5, 0.6) is 0 Å². The van der Waals surface area contributed by atoms with E-state index in [4.69, 9.17) is 4.74 Å². The van der Waals surface area contributed by atoms with Crippen LogP contribution < -0.4 is 10.2 Å². The van der Waals surface area contributed by atoms with Crippen molar-refractivity contribution in [3.63, 3.8) is 0 Å². The molecule has 1 fully saturated rings. The van der Waals surface area contributed by atoms with Gasteiger partial charge in [-0.2, -0.15) is 0 Å². The first-order valence-electron chi connectivity index (χ1n) is 7.37. The summed E-state index contributed by atoms with van der Waals surface area (Å²) in [6, 6.07) is 6.92. The molecule has 0 heterocycles. The van der Waals surface area contributed by atoms with E-state index < -0.39 is 5.54 Å². The molecular weight excluding hydrogens is 271 g/mol. The average Bonchev–Trinajstić information content (AvgIpc) is 3.23. The number of benzene rings is 1. The molecule has 21 heavy (non-hydrogen) atoms. The van der Waals surface area contributed by atoms with Gasteiger partial charge in [0.1, 0.15) is 11.4 Å². The molecule has 1 unspecified atom stereocenters. The Kier molecular flexibility index (Phi) is 4.83. The van der Waals surface area contributed by atoms with Gasteiger partial charge in [0, 0.05) is 19.6 Å². The predicted octanol–water partition coefficient (Wildman–Crippen LogP) is 2.34. The molecule has 5 heteroatoms. The first-order chi connectivity index (χ1) is 9.96. The monoisotopic (exact) mass is 294 g/mol. The molecule has 0 radical (unpaired) electrons. The summed E-state index contributed by atoms with van der Waals surface area (Å²) in [5.74, 6) is -0.585. The van der Waals surface area contributed by atoms with E-state index in [-0.39, 0.29) is 11.8 Å². The Labute approximate surface area is 125 Å². The minimum Gasteiger partial charge on any atom is -0.465 e. The average molecular weight is 294 g/mol. The lowest BCUT2D eigenvalue weighted by Crippen LogP contribution is -2.58. The largest absolute Gasteiger partial charge is 0.465 e. The maximum Gasteiger partial charge on any atom is 0.327 e. The fraction of sp³-hybridized carbons (Fsp3) is 0.562. The lowest BCUT2D eigenvalue weighted by molar-refractivity contribution is -0.150. The van der Waals surface area contributed by atoms with Crippen molar-refractivity contribution >= 4 is 11.7 Å². The van der Waals surface area contributed by atoms with E-state index in [1.54, 1.807) is 37.1 Å². The van der Waals surface area contributed by atoms with Crippen LogP contribution >= 0.6 is 0 Å². The van der Waals surface area contributed by atoms with Crippen LogP contribution in [0.1, 0.15) is 26.7 Å². The molecule has 0 saturated heterocycles. The first-order valence-corrected chi connectivity index (χ1v) is 7.37. The highest BCUT2D eigenvalue weighted by Gasteiger charge is 2.40. The van der Waals surface area contributed by atoms with Gasteiger partial charge in [-0.1, -0.05) is 12.1 Å². The number of hydrogen-bond acceptors (Lipinski definition) is 4. The number of halogens is 1. The molecular formula is C16H23FN2O2. The summed E-state index contributed by atoms with van der Waals surface area (Å²) >= 11 is 0. The SMILES string of the molecule is CCOC(=O)C(C)(CN(C)c1ccccc1F)NC1CC1. The Morgan fingerprint density at radius 2 is 2.14 bits per heavy atom. The number of likely N-dealkylation sites (N-methyl/N-ethyl adjacent to an activating group) is 1. The van der Waals surface area contributed by atoms with Crippen molar-refractivity contribution in [2.24, 2.45) is 0 Å². The van der Waals surface area contributed by atoms with E-state index in [0.29, 0.717) is 24.9 Å². The Bertz CT molecular complexity index is 505. The third-order valence-corrected chi connectivity index (χ3v) is 3.64. The van der Waals surface area contributed by atoms with Crippen LogP contribution in [-0.4, -0.2) is 37.7 Å². The van der Waals surface area contributed by atoms with Gasteiger partial charge in [0.2, 0.25) is 0 Å². The normalized spacial score (nSPS) is 17.1. The standard InChI is InChI=1S/C16H23FN2O2/c1-4-21-15(20)16(2,18-12-9-10-12)11-19(3)14-8-6-5-7-13(14)17/h5-8,12,18H,4,9-11H2,1-3H3. The van der Waals surface area contributed by atoms with Gasteiger partial charge >= 0.3 is 5.97 Å². The van der Waals surface area contributed by atoms with E-state index in [1.165, 1.54) is 6.07 Å². The van der Waals surface area contributed by atoms with Gasteiger partial charge < -0.3 is 9.64 Å². The molecule has 0 spiro atoms. The van der Waals surface area contributed by atoms with Gasteiger partial charge in [-0.3, -0.25) is 5.32 Å². The molecule has 1 aliphatic carbocycles. The lowest BCUT2D eigenvalue weighted by Gasteiger charge is -2.34. The Morgan fingerprint density at radius 1 is 1.48 bits per heavy atom. The van der Waals surface area contributed by atoms with Crippen LogP contribution in [0, 0.1) is 5.82 Å². The molecule has 0 amide bonds. The first kappa shape index (κ1) is 15.8. The summed E-state index contributed by atoms with van der Waals surface area (Å²) in [5, 5.41) is 3.33. The molecule has 1 atom stereocenters. The van der Waals surface area contributed by atoms with Crippen LogP contribution in [0.15, 0.2) is 24.3 Å². The summed E-state index contributed by atoms with van der Waals surface area (Å²) in [7, 11) is 1.78. The van der Waals surface area contributed by atoms with Crippen LogP contribution in [0.2, 0.25) is 0 Å². The molecule has 0 bridgehead atoms. The topological polar surface area (TPSA) is 41.6 Å². The van der Waals surface area contributed by atoms with Crippen LogP contribution in [0.3, 0.4) is 0 Å². The quantitative estimate of drug-likeness (QED) is 0.784. The summed E-state index contributed by atoms with van der Waals surface area (Å²) in [5.41, 5.74) is -0.362. The van der Waals surface area contributed by atoms with E-state index in [1.807, 2.05) is 6.92 Å². The molecule has 116 valence electrons. The minimum atomic E-state index is -0.839. The fourth-order valence-corrected chi connectivity index (χ4v) is 2.46.